The smallest absolute Gasteiger partial charge is 0.169 e. The van der Waals surface area contributed by atoms with Gasteiger partial charge in [-0.15, -0.1) is 0 Å². The predicted octanol–water partition coefficient (Wildman–Crippen LogP) is 9.43. The van der Waals surface area contributed by atoms with E-state index in [9.17, 15) is 0 Å². The molecule has 0 saturated carbocycles. The minimum atomic E-state index is -0.338. The van der Waals surface area contributed by atoms with Crippen molar-refractivity contribution in [3.63, 3.8) is 0 Å². The van der Waals surface area contributed by atoms with Crippen LogP contribution in [0.4, 0.5) is 0 Å². The summed E-state index contributed by atoms with van der Waals surface area (Å²) >= 11 is 0. The number of allylic oxidation sites excluding steroid dienone is 4. The van der Waals surface area contributed by atoms with Crippen LogP contribution in [-0.2, 0) is 0 Å². The number of nitrogens with one attached hydrogen (secondary N) is 1. The second kappa shape index (κ2) is 13.3. The Labute approximate surface area is 280 Å². The third kappa shape index (κ3) is 6.26. The number of hydrogen-bond donors (Lipinski definition) is 1. The fraction of sp³-hybridized carbons (Fsp3) is 0.0698. The van der Waals surface area contributed by atoms with Gasteiger partial charge in [0.05, 0.1) is 11.4 Å². The monoisotopic (exact) mass is 619 g/mol. The summed E-state index contributed by atoms with van der Waals surface area (Å²) in [6, 6.07) is 51.8. The lowest BCUT2D eigenvalue weighted by Crippen LogP contribution is -2.36. The van der Waals surface area contributed by atoms with Crippen LogP contribution in [-0.4, -0.2) is 21.6 Å². The van der Waals surface area contributed by atoms with Gasteiger partial charge in [-0.05, 0) is 35.3 Å². The molecule has 6 aromatic rings. The molecule has 8 rings (SSSR count). The van der Waals surface area contributed by atoms with Crippen molar-refractivity contribution in [2.75, 3.05) is 0 Å². The highest BCUT2D eigenvalue weighted by atomic mass is 15.2. The summed E-state index contributed by atoms with van der Waals surface area (Å²) in [6.07, 6.45) is 7.33. The van der Waals surface area contributed by atoms with Gasteiger partial charge < -0.3 is 5.32 Å². The maximum absolute atomic E-state index is 5.11. The molecule has 5 heteroatoms. The first-order valence-corrected chi connectivity index (χ1v) is 16.3. The summed E-state index contributed by atoms with van der Waals surface area (Å²) in [5.41, 5.74) is 9.38. The second-order valence-corrected chi connectivity index (χ2v) is 11.9. The first-order chi connectivity index (χ1) is 23.8. The lowest BCUT2D eigenvalue weighted by Gasteiger charge is -2.23. The molecule has 0 amide bonds. The summed E-state index contributed by atoms with van der Waals surface area (Å²) < 4.78 is 0. The molecule has 2 unspecified atom stereocenters. The number of aliphatic imine (C=N–C) groups is 2. The van der Waals surface area contributed by atoms with Crippen molar-refractivity contribution in [2.45, 2.75) is 18.5 Å². The van der Waals surface area contributed by atoms with Gasteiger partial charge in [0.25, 0.3) is 0 Å². The van der Waals surface area contributed by atoms with Crippen molar-refractivity contribution < 1.29 is 0 Å². The molecule has 1 aliphatic carbocycles. The molecule has 5 aromatic carbocycles. The van der Waals surface area contributed by atoms with Gasteiger partial charge in [-0.25, -0.2) is 20.0 Å². The molecule has 5 nitrogen and oxygen atoms in total. The first kappa shape index (κ1) is 29.2. The Balaban J connectivity index is 1.15. The number of aromatic nitrogens is 2. The van der Waals surface area contributed by atoms with Crippen LogP contribution in [0.15, 0.2) is 180 Å². The highest BCUT2D eigenvalue weighted by Gasteiger charge is 2.22. The van der Waals surface area contributed by atoms with Crippen LogP contribution in [0.5, 0.6) is 0 Å². The van der Waals surface area contributed by atoms with E-state index in [-0.39, 0.29) is 12.1 Å². The van der Waals surface area contributed by atoms with E-state index < -0.39 is 0 Å². The Hall–Kier alpha value is -6.20. The molecule has 0 spiro atoms. The van der Waals surface area contributed by atoms with Gasteiger partial charge in [0.2, 0.25) is 0 Å². The first-order valence-electron chi connectivity index (χ1n) is 16.3. The molecule has 48 heavy (non-hydrogen) atoms. The zero-order chi connectivity index (χ0) is 32.1. The van der Waals surface area contributed by atoms with Gasteiger partial charge in [-0.2, -0.15) is 0 Å². The van der Waals surface area contributed by atoms with E-state index in [1.165, 1.54) is 0 Å². The fourth-order valence-electron chi connectivity index (χ4n) is 6.17. The van der Waals surface area contributed by atoms with Crippen molar-refractivity contribution in [1.29, 1.82) is 0 Å². The molecular weight excluding hydrogens is 587 g/mol. The summed E-state index contributed by atoms with van der Waals surface area (Å²) in [7, 11) is 0. The minimum absolute atomic E-state index is 0.103. The number of hydrogen-bond acceptors (Lipinski definition) is 5. The van der Waals surface area contributed by atoms with Crippen LogP contribution in [0.1, 0.15) is 46.5 Å². The quantitative estimate of drug-likeness (QED) is 0.194. The zero-order valence-electron chi connectivity index (χ0n) is 26.3. The van der Waals surface area contributed by atoms with Crippen LogP contribution in [0.2, 0.25) is 0 Å². The van der Waals surface area contributed by atoms with Crippen molar-refractivity contribution in [1.82, 2.24) is 15.3 Å². The zero-order valence-corrected chi connectivity index (χ0v) is 26.3. The second-order valence-electron chi connectivity index (χ2n) is 11.9. The Morgan fingerprint density at radius 3 is 1.81 bits per heavy atom. The predicted molar refractivity (Wildman–Crippen MR) is 196 cm³/mol. The Morgan fingerprint density at radius 2 is 1.10 bits per heavy atom. The normalized spacial score (nSPS) is 17.1. The third-order valence-corrected chi connectivity index (χ3v) is 8.65. The Kier molecular flexibility index (Phi) is 8.07. The van der Waals surface area contributed by atoms with Crippen molar-refractivity contribution in [2.24, 2.45) is 9.98 Å². The highest BCUT2D eigenvalue weighted by molar-refractivity contribution is 6.16. The molecule has 1 aromatic heterocycles. The molecule has 0 bridgehead atoms. The minimum Gasteiger partial charge on any atom is -0.324 e. The van der Waals surface area contributed by atoms with Crippen LogP contribution in [0, 0.1) is 0 Å². The third-order valence-electron chi connectivity index (χ3n) is 8.65. The molecule has 2 aliphatic rings. The van der Waals surface area contributed by atoms with Crippen LogP contribution in [0.25, 0.3) is 28.2 Å². The van der Waals surface area contributed by atoms with E-state index in [4.69, 9.17) is 20.0 Å². The molecular formula is C43H33N5. The highest BCUT2D eigenvalue weighted by Crippen LogP contribution is 2.34. The largest absolute Gasteiger partial charge is 0.324 e. The Morgan fingerprint density at radius 1 is 0.521 bits per heavy atom. The summed E-state index contributed by atoms with van der Waals surface area (Å²) in [5.74, 6) is 2.45. The summed E-state index contributed by atoms with van der Waals surface area (Å²) in [6.45, 7) is 0. The molecule has 2 atom stereocenters. The van der Waals surface area contributed by atoms with Gasteiger partial charge >= 0.3 is 0 Å². The maximum Gasteiger partial charge on any atom is 0.169 e. The van der Waals surface area contributed by atoms with E-state index >= 15 is 0 Å². The molecule has 0 fully saturated rings. The fourth-order valence-corrected chi connectivity index (χ4v) is 6.17. The SMILES string of the molecule is C1=CC(c2cccc(C3=NC(c4ccccc4)N=C(c4ccccc4)N3)c2)=CC(c2cc(-c3ccccc3)nc(-c3ccccc3)n2)C1. The van der Waals surface area contributed by atoms with E-state index in [2.05, 4.69) is 115 Å². The van der Waals surface area contributed by atoms with E-state index in [0.717, 1.165) is 74.3 Å². The molecule has 0 radical (unpaired) electrons. The Bertz CT molecular complexity index is 2110. The molecule has 230 valence electrons. The van der Waals surface area contributed by atoms with Gasteiger partial charge in [0, 0.05) is 28.2 Å². The standard InChI is InChI=1S/C43H33N5/c1-5-15-30(16-6-1)38-29-39(45-40(44-38)31-17-7-2-8-18-31)36-25-13-23-34(27-36)35-24-14-26-37(28-35)43-47-41(32-19-9-3-10-20-32)46-42(48-43)33-21-11-4-12-22-33/h1-24,26-29,36,41H,25H2,(H,46,47,48). The van der Waals surface area contributed by atoms with Crippen molar-refractivity contribution in [3.05, 3.63) is 198 Å². The molecule has 1 aliphatic heterocycles. The number of amidine groups is 2. The van der Waals surface area contributed by atoms with Gasteiger partial charge in [0.15, 0.2) is 12.0 Å². The van der Waals surface area contributed by atoms with E-state index in [1.54, 1.807) is 0 Å². The van der Waals surface area contributed by atoms with E-state index in [1.807, 2.05) is 60.7 Å². The summed E-state index contributed by atoms with van der Waals surface area (Å²) in [4.78, 5) is 20.2. The average Bonchev–Trinajstić information content (AvgIpc) is 3.19. The molecule has 1 N–H and O–H groups in total. The van der Waals surface area contributed by atoms with Crippen LogP contribution in [0.3, 0.4) is 0 Å². The summed E-state index contributed by atoms with van der Waals surface area (Å²) in [5, 5.41) is 3.54. The maximum atomic E-state index is 5.11. The molecule has 2 heterocycles. The number of rotatable bonds is 7. The van der Waals surface area contributed by atoms with E-state index in [0.29, 0.717) is 0 Å². The van der Waals surface area contributed by atoms with Crippen LogP contribution < -0.4 is 5.32 Å². The van der Waals surface area contributed by atoms with Crippen molar-refractivity contribution in [3.8, 4) is 22.6 Å². The van der Waals surface area contributed by atoms with Gasteiger partial charge in [-0.1, -0.05) is 158 Å². The molecule has 0 saturated heterocycles. The van der Waals surface area contributed by atoms with Gasteiger partial charge in [-0.3, -0.25) is 0 Å². The number of nitrogens with zero attached hydrogens (tertiary/aromatic N) is 4. The van der Waals surface area contributed by atoms with Crippen LogP contribution >= 0.6 is 0 Å². The average molecular weight is 620 g/mol. The lowest BCUT2D eigenvalue weighted by molar-refractivity contribution is 0.756. The van der Waals surface area contributed by atoms with Crippen molar-refractivity contribution >= 4 is 17.2 Å². The lowest BCUT2D eigenvalue weighted by atomic mass is 9.89. The van der Waals surface area contributed by atoms with Gasteiger partial charge in [0.1, 0.15) is 11.7 Å². The topological polar surface area (TPSA) is 62.5 Å². The number of benzene rings is 5.